The lowest BCUT2D eigenvalue weighted by Crippen LogP contribution is -2.15. The molecule has 5 aromatic heterocycles. The summed E-state index contributed by atoms with van der Waals surface area (Å²) >= 11 is 0. The number of hydrogen-bond donors (Lipinski definition) is 0. The maximum Gasteiger partial charge on any atom is 0.123 e. The van der Waals surface area contributed by atoms with E-state index < -0.39 is 0 Å². The van der Waals surface area contributed by atoms with Gasteiger partial charge >= 0.3 is 0 Å². The van der Waals surface area contributed by atoms with Gasteiger partial charge in [0.15, 0.2) is 0 Å². The smallest absolute Gasteiger partial charge is 0.123 e. The minimum Gasteiger partial charge on any atom is -0.307 e. The average Bonchev–Trinajstić information content (AvgIpc) is 1.57. The summed E-state index contributed by atoms with van der Waals surface area (Å²) in [6.45, 7) is 2.43. The van der Waals surface area contributed by atoms with E-state index in [9.17, 15) is 0 Å². The molecule has 0 unspecified atom stereocenters. The molecule has 0 bridgehead atoms. The summed E-state index contributed by atoms with van der Waals surface area (Å²) in [5.74, 6) is -0.129. The molecule has 0 spiro atoms. The second kappa shape index (κ2) is 19.2. The summed E-state index contributed by atoms with van der Waals surface area (Å²) in [6, 6.07) is 115. The van der Waals surface area contributed by atoms with Crippen molar-refractivity contribution in [2.45, 2.75) is 12.8 Å². The molecule has 0 saturated heterocycles. The Balaban J connectivity index is 1.02. The quantitative estimate of drug-likeness (QED) is 0.145. The summed E-state index contributed by atoms with van der Waals surface area (Å²) in [6.07, 6.45) is 0. The number of aromatic nitrogens is 5. The van der Waals surface area contributed by atoms with Crippen molar-refractivity contribution in [3.63, 3.8) is 0 Å². The first-order valence-corrected chi connectivity index (χ1v) is 30.9. The lowest BCUT2D eigenvalue weighted by molar-refractivity contribution is 0.942. The maximum absolute atomic E-state index is 2.62. The molecular weight excluding hydrogens is 1080 g/mol. The van der Waals surface area contributed by atoms with E-state index in [0.717, 1.165) is 72.5 Å². The molecule has 1 aliphatic carbocycles. The molecule has 416 valence electrons. The van der Waals surface area contributed by atoms with Crippen molar-refractivity contribution < 1.29 is 0 Å². The fourth-order valence-corrected chi connectivity index (χ4v) is 15.4. The normalized spacial score (nSPS) is 12.5. The Kier molecular flexibility index (Phi) is 10.7. The van der Waals surface area contributed by atoms with Crippen LogP contribution in [0, 0.1) is 6.92 Å². The number of para-hydroxylation sites is 2. The molecular formula is C84H55N5. The van der Waals surface area contributed by atoms with E-state index in [1.807, 2.05) is 0 Å². The van der Waals surface area contributed by atoms with E-state index in [0.29, 0.717) is 0 Å². The number of fused-ring (bicyclic) bond motifs is 16. The highest BCUT2D eigenvalue weighted by atomic mass is 15.2. The van der Waals surface area contributed by atoms with Gasteiger partial charge in [-0.3, -0.25) is 17.9 Å². The van der Waals surface area contributed by atoms with Crippen LogP contribution in [0.5, 0.6) is 0 Å². The third-order valence-electron chi connectivity index (χ3n) is 19.3. The minimum atomic E-state index is -0.129. The summed E-state index contributed by atoms with van der Waals surface area (Å²) in [7, 11) is 0. The summed E-state index contributed by atoms with van der Waals surface area (Å²) in [5.41, 5.74) is 31.7. The monoisotopic (exact) mass is 1130 g/mol. The lowest BCUT2D eigenvalue weighted by atomic mass is 9.84. The summed E-state index contributed by atoms with van der Waals surface area (Å²) in [5, 5.41) is 4.79. The molecule has 0 fully saturated rings. The van der Waals surface area contributed by atoms with E-state index in [1.165, 1.54) is 99.4 Å². The number of rotatable bonds is 8. The van der Waals surface area contributed by atoms with E-state index in [1.54, 1.807) is 0 Å². The van der Waals surface area contributed by atoms with Crippen LogP contribution in [-0.4, -0.2) is 22.5 Å². The Morgan fingerprint density at radius 2 is 0.629 bits per heavy atom. The van der Waals surface area contributed by atoms with Crippen molar-refractivity contribution in [3.8, 4) is 72.7 Å². The molecule has 18 aromatic rings. The van der Waals surface area contributed by atoms with Crippen LogP contribution in [0.25, 0.3) is 150 Å². The molecule has 5 nitrogen and oxygen atoms in total. The van der Waals surface area contributed by atoms with Gasteiger partial charge in [0.25, 0.3) is 0 Å². The largest absolute Gasteiger partial charge is 0.307 e. The van der Waals surface area contributed by atoms with Gasteiger partial charge in [-0.25, -0.2) is 0 Å². The van der Waals surface area contributed by atoms with Gasteiger partial charge in [-0.15, -0.1) is 0 Å². The van der Waals surface area contributed by atoms with E-state index in [4.69, 9.17) is 0 Å². The van der Waals surface area contributed by atoms with Crippen LogP contribution in [0.15, 0.2) is 309 Å². The zero-order valence-electron chi connectivity index (χ0n) is 48.8. The first kappa shape index (κ1) is 49.6. The zero-order valence-corrected chi connectivity index (χ0v) is 48.8. The number of hydrogen-bond acceptors (Lipinski definition) is 0. The zero-order chi connectivity index (χ0) is 58.4. The third kappa shape index (κ3) is 7.30. The van der Waals surface area contributed by atoms with Crippen molar-refractivity contribution in [3.05, 3.63) is 332 Å². The predicted molar refractivity (Wildman–Crippen MR) is 371 cm³/mol. The first-order valence-electron chi connectivity index (χ1n) is 30.9. The van der Waals surface area contributed by atoms with Crippen LogP contribution in [0.2, 0.25) is 0 Å². The van der Waals surface area contributed by atoms with Gasteiger partial charge < -0.3 is 4.57 Å². The van der Waals surface area contributed by atoms with Crippen molar-refractivity contribution in [2.75, 3.05) is 0 Å². The summed E-state index contributed by atoms with van der Waals surface area (Å²) in [4.78, 5) is 0. The lowest BCUT2D eigenvalue weighted by Gasteiger charge is -2.28. The van der Waals surface area contributed by atoms with Crippen LogP contribution in [0.4, 0.5) is 0 Å². The molecule has 1 aliphatic rings. The SMILES string of the molecule is Cc1c(C2c3ccccc3-c3ccccc32)c(-n2c3ccc(-c4ccccc4)cc3n3c4cc(-c5ccccc5)ccc4cc23)cc(-n2c3ccc(-c4ccccc4)cc3n3c4cc(-c5ccccc5)ccc4cc23)c1-n1c2ccccc2c2ccccc21. The molecule has 5 heterocycles. The molecule has 19 rings (SSSR count). The van der Waals surface area contributed by atoms with Gasteiger partial charge in [0.05, 0.1) is 61.2 Å². The van der Waals surface area contributed by atoms with Crippen LogP contribution in [0.1, 0.15) is 28.2 Å². The Morgan fingerprint density at radius 1 is 0.258 bits per heavy atom. The van der Waals surface area contributed by atoms with E-state index in [-0.39, 0.29) is 5.92 Å². The van der Waals surface area contributed by atoms with Gasteiger partial charge in [0.1, 0.15) is 11.3 Å². The Morgan fingerprint density at radius 3 is 1.08 bits per heavy atom. The average molecular weight is 1130 g/mol. The fraction of sp³-hybridized carbons (Fsp3) is 0.0238. The Bertz CT molecular complexity index is 5820. The Labute approximate surface area is 513 Å². The maximum atomic E-state index is 2.62. The minimum absolute atomic E-state index is 0.129. The molecule has 0 aliphatic heterocycles. The topological polar surface area (TPSA) is 23.6 Å². The second-order valence-electron chi connectivity index (χ2n) is 24.0. The van der Waals surface area contributed by atoms with Crippen LogP contribution in [0.3, 0.4) is 0 Å². The van der Waals surface area contributed by atoms with Crippen LogP contribution < -0.4 is 0 Å². The molecule has 0 radical (unpaired) electrons. The van der Waals surface area contributed by atoms with Crippen LogP contribution in [-0.2, 0) is 0 Å². The standard InChI is InChI=1S/C84H55N5/c1-53-82(83-68-34-16-14-30-64(68)65-31-15-17-35-69(65)83)78(85-72-44-42-60(56-26-10-4-11-27-56)48-76(72)87-74-46-58(54-22-6-2-7-23-54)38-40-62(74)50-80(85)87)52-79(84(53)89-70-36-20-18-32-66(70)67-33-19-21-37-71(67)89)86-73-45-43-61(57-28-12-5-13-29-57)49-77(73)88-75-47-59(55-24-8-3-9-25-55)39-41-63(75)51-81(86)88/h2-52,83H,1H3. The molecule has 0 N–H and O–H groups in total. The number of imidazole rings is 2. The van der Waals surface area contributed by atoms with Crippen molar-refractivity contribution in [1.29, 1.82) is 0 Å². The summed E-state index contributed by atoms with van der Waals surface area (Å²) < 4.78 is 12.9. The van der Waals surface area contributed by atoms with Gasteiger partial charge in [0, 0.05) is 27.5 Å². The van der Waals surface area contributed by atoms with Crippen molar-refractivity contribution in [2.24, 2.45) is 0 Å². The fourth-order valence-electron chi connectivity index (χ4n) is 15.4. The molecule has 0 saturated carbocycles. The van der Waals surface area contributed by atoms with Crippen molar-refractivity contribution in [1.82, 2.24) is 22.5 Å². The third-order valence-corrected chi connectivity index (χ3v) is 19.3. The molecule has 13 aromatic carbocycles. The number of benzene rings is 13. The van der Waals surface area contributed by atoms with Gasteiger partial charge in [-0.1, -0.05) is 243 Å². The van der Waals surface area contributed by atoms with Gasteiger partial charge in [-0.2, -0.15) is 0 Å². The first-order chi connectivity index (χ1) is 44.1. The van der Waals surface area contributed by atoms with Crippen molar-refractivity contribution >= 4 is 77.0 Å². The predicted octanol–water partition coefficient (Wildman–Crippen LogP) is 21.6. The van der Waals surface area contributed by atoms with E-state index in [2.05, 4.69) is 339 Å². The van der Waals surface area contributed by atoms with Gasteiger partial charge in [-0.05, 0) is 152 Å². The highest BCUT2D eigenvalue weighted by molar-refractivity contribution is 6.10. The number of nitrogens with zero attached hydrogens (tertiary/aromatic N) is 5. The Hall–Kier alpha value is -11.7. The molecule has 5 heteroatoms. The van der Waals surface area contributed by atoms with Crippen LogP contribution >= 0.6 is 0 Å². The van der Waals surface area contributed by atoms with E-state index >= 15 is 0 Å². The molecule has 0 atom stereocenters. The highest BCUT2D eigenvalue weighted by Gasteiger charge is 2.37. The highest BCUT2D eigenvalue weighted by Crippen LogP contribution is 2.54. The molecule has 0 amide bonds. The molecule has 89 heavy (non-hydrogen) atoms. The second-order valence-corrected chi connectivity index (χ2v) is 24.0. The van der Waals surface area contributed by atoms with Gasteiger partial charge in [0.2, 0.25) is 0 Å².